The minimum absolute atomic E-state index is 0.0495. The lowest BCUT2D eigenvalue weighted by Crippen LogP contribution is -2.52. The fourth-order valence-electron chi connectivity index (χ4n) is 3.21. The SMILES string of the molecule is Cc1cccc(CN2CCN(C(=O)CC[C@H]3NC(=O)NC3=O)CC2=O)c1. The smallest absolute Gasteiger partial charge is 0.322 e. The van der Waals surface area contributed by atoms with Crippen LogP contribution in [0.1, 0.15) is 24.0 Å². The van der Waals surface area contributed by atoms with Crippen LogP contribution in [0.3, 0.4) is 0 Å². The van der Waals surface area contributed by atoms with Gasteiger partial charge < -0.3 is 15.1 Å². The highest BCUT2D eigenvalue weighted by molar-refractivity contribution is 6.04. The van der Waals surface area contributed by atoms with Gasteiger partial charge in [0.05, 0.1) is 6.54 Å². The molecular weight excluding hydrogens is 336 g/mol. The molecule has 5 amide bonds. The van der Waals surface area contributed by atoms with Crippen molar-refractivity contribution in [2.24, 2.45) is 0 Å². The van der Waals surface area contributed by atoms with Crippen LogP contribution < -0.4 is 10.6 Å². The van der Waals surface area contributed by atoms with Gasteiger partial charge in [0.2, 0.25) is 11.8 Å². The Labute approximate surface area is 151 Å². The average Bonchev–Trinajstić information content (AvgIpc) is 2.92. The van der Waals surface area contributed by atoms with Gasteiger partial charge in [0.15, 0.2) is 0 Å². The summed E-state index contributed by atoms with van der Waals surface area (Å²) >= 11 is 0. The lowest BCUT2D eigenvalue weighted by molar-refractivity contribution is -0.145. The predicted molar refractivity (Wildman–Crippen MR) is 92.9 cm³/mol. The zero-order valence-electron chi connectivity index (χ0n) is 14.7. The van der Waals surface area contributed by atoms with Crippen LogP contribution in [0, 0.1) is 6.92 Å². The summed E-state index contributed by atoms with van der Waals surface area (Å²) in [6, 6.07) is 6.80. The number of amides is 5. The molecule has 0 saturated carbocycles. The molecule has 26 heavy (non-hydrogen) atoms. The molecule has 0 radical (unpaired) electrons. The van der Waals surface area contributed by atoms with Gasteiger partial charge in [-0.3, -0.25) is 19.7 Å². The molecule has 0 aliphatic carbocycles. The summed E-state index contributed by atoms with van der Waals surface area (Å²) < 4.78 is 0. The first-order valence-electron chi connectivity index (χ1n) is 8.65. The van der Waals surface area contributed by atoms with Crippen molar-refractivity contribution in [1.29, 1.82) is 0 Å². The molecule has 0 unspecified atom stereocenters. The molecule has 1 atom stereocenters. The second-order valence-corrected chi connectivity index (χ2v) is 6.67. The van der Waals surface area contributed by atoms with E-state index in [0.717, 1.165) is 11.1 Å². The number of nitrogens with zero attached hydrogens (tertiary/aromatic N) is 2. The highest BCUT2D eigenvalue weighted by Gasteiger charge is 2.31. The number of carbonyl (C=O) groups is 4. The van der Waals surface area contributed by atoms with Crippen LogP contribution in [-0.4, -0.2) is 59.2 Å². The third kappa shape index (κ3) is 4.19. The van der Waals surface area contributed by atoms with Gasteiger partial charge in [0, 0.05) is 26.1 Å². The Bertz CT molecular complexity index is 748. The van der Waals surface area contributed by atoms with Crippen LogP contribution in [0.25, 0.3) is 0 Å². The van der Waals surface area contributed by atoms with Gasteiger partial charge >= 0.3 is 6.03 Å². The second-order valence-electron chi connectivity index (χ2n) is 6.67. The molecular formula is C18H22N4O4. The van der Waals surface area contributed by atoms with Gasteiger partial charge in [0.25, 0.3) is 5.91 Å². The molecule has 0 spiro atoms. The molecule has 1 aromatic rings. The second kappa shape index (κ2) is 7.55. The molecule has 2 N–H and O–H groups in total. The first kappa shape index (κ1) is 17.9. The Morgan fingerprint density at radius 1 is 1.23 bits per heavy atom. The van der Waals surface area contributed by atoms with Crippen LogP contribution in [0.4, 0.5) is 4.79 Å². The van der Waals surface area contributed by atoms with Crippen molar-refractivity contribution in [2.75, 3.05) is 19.6 Å². The van der Waals surface area contributed by atoms with E-state index < -0.39 is 18.0 Å². The van der Waals surface area contributed by atoms with Crippen molar-refractivity contribution >= 4 is 23.8 Å². The van der Waals surface area contributed by atoms with Crippen molar-refractivity contribution < 1.29 is 19.2 Å². The molecule has 8 nitrogen and oxygen atoms in total. The third-order valence-corrected chi connectivity index (χ3v) is 4.63. The molecule has 2 saturated heterocycles. The van der Waals surface area contributed by atoms with E-state index in [1.807, 2.05) is 31.2 Å². The zero-order chi connectivity index (χ0) is 18.7. The van der Waals surface area contributed by atoms with Crippen LogP contribution in [0.2, 0.25) is 0 Å². The van der Waals surface area contributed by atoms with Gasteiger partial charge in [0.1, 0.15) is 6.04 Å². The molecule has 0 aromatic heterocycles. The van der Waals surface area contributed by atoms with Crippen LogP contribution in [-0.2, 0) is 20.9 Å². The Kier molecular flexibility index (Phi) is 5.20. The molecule has 1 aromatic carbocycles. The van der Waals surface area contributed by atoms with Crippen LogP contribution >= 0.6 is 0 Å². The number of piperazine rings is 1. The number of hydrogen-bond donors (Lipinski definition) is 2. The van der Waals surface area contributed by atoms with Gasteiger partial charge in [-0.2, -0.15) is 0 Å². The molecule has 3 rings (SSSR count). The maximum atomic E-state index is 12.4. The fourth-order valence-corrected chi connectivity index (χ4v) is 3.21. The van der Waals surface area contributed by atoms with E-state index in [-0.39, 0.29) is 31.2 Å². The van der Waals surface area contributed by atoms with Crippen molar-refractivity contribution in [3.63, 3.8) is 0 Å². The van der Waals surface area contributed by atoms with Crippen LogP contribution in [0.15, 0.2) is 24.3 Å². The summed E-state index contributed by atoms with van der Waals surface area (Å²) in [5, 5.41) is 4.60. The van der Waals surface area contributed by atoms with E-state index in [4.69, 9.17) is 0 Å². The largest absolute Gasteiger partial charge is 0.335 e. The number of hydrogen-bond acceptors (Lipinski definition) is 4. The highest BCUT2D eigenvalue weighted by atomic mass is 16.2. The molecule has 0 bridgehead atoms. The van der Waals surface area contributed by atoms with E-state index in [1.54, 1.807) is 4.90 Å². The summed E-state index contributed by atoms with van der Waals surface area (Å²) in [5.74, 6) is -0.678. The number of carbonyl (C=O) groups excluding carboxylic acids is 4. The molecule has 138 valence electrons. The first-order chi connectivity index (χ1) is 12.4. The monoisotopic (exact) mass is 358 g/mol. The fraction of sp³-hybridized carbons (Fsp3) is 0.444. The predicted octanol–water partition coefficient (Wildman–Crippen LogP) is 0.154. The number of nitrogens with one attached hydrogen (secondary N) is 2. The van der Waals surface area contributed by atoms with E-state index >= 15 is 0 Å². The summed E-state index contributed by atoms with van der Waals surface area (Å²) in [4.78, 5) is 50.5. The molecule has 2 heterocycles. The Hall–Kier alpha value is -2.90. The topological polar surface area (TPSA) is 98.8 Å². The quantitative estimate of drug-likeness (QED) is 0.732. The first-order valence-corrected chi connectivity index (χ1v) is 8.65. The highest BCUT2D eigenvalue weighted by Crippen LogP contribution is 2.13. The summed E-state index contributed by atoms with van der Waals surface area (Å²) in [7, 11) is 0. The van der Waals surface area contributed by atoms with Crippen molar-refractivity contribution in [3.05, 3.63) is 35.4 Å². The number of urea groups is 1. The van der Waals surface area contributed by atoms with Crippen LogP contribution in [0.5, 0.6) is 0 Å². The number of imide groups is 1. The van der Waals surface area contributed by atoms with Gasteiger partial charge in [-0.05, 0) is 18.9 Å². The van der Waals surface area contributed by atoms with E-state index in [2.05, 4.69) is 10.6 Å². The number of benzene rings is 1. The molecule has 2 aliphatic heterocycles. The Morgan fingerprint density at radius 3 is 2.69 bits per heavy atom. The minimum atomic E-state index is -0.676. The van der Waals surface area contributed by atoms with E-state index in [1.165, 1.54) is 4.90 Å². The third-order valence-electron chi connectivity index (χ3n) is 4.63. The summed E-state index contributed by atoms with van der Waals surface area (Å²) in [6.07, 6.45) is 0.345. The maximum absolute atomic E-state index is 12.4. The Balaban J connectivity index is 1.48. The standard InChI is InChI=1S/C18H22N4O4/c1-12-3-2-4-13(9-12)10-21-7-8-22(11-16(21)24)15(23)6-5-14-17(25)20-18(26)19-14/h2-4,9,14H,5-8,10-11H2,1H3,(H2,19,20,25,26)/t14-/m1/s1. The van der Waals surface area contributed by atoms with Gasteiger partial charge in [-0.25, -0.2) is 4.79 Å². The normalized spacial score (nSPS) is 20.2. The van der Waals surface area contributed by atoms with E-state index in [0.29, 0.717) is 19.6 Å². The minimum Gasteiger partial charge on any atom is -0.335 e. The van der Waals surface area contributed by atoms with Crippen molar-refractivity contribution in [1.82, 2.24) is 20.4 Å². The number of rotatable bonds is 5. The van der Waals surface area contributed by atoms with Gasteiger partial charge in [-0.15, -0.1) is 0 Å². The van der Waals surface area contributed by atoms with Crippen molar-refractivity contribution in [2.45, 2.75) is 32.4 Å². The zero-order valence-corrected chi connectivity index (χ0v) is 14.7. The average molecular weight is 358 g/mol. The molecule has 2 aliphatic rings. The lowest BCUT2D eigenvalue weighted by atomic mass is 10.1. The molecule has 2 fully saturated rings. The van der Waals surface area contributed by atoms with E-state index in [9.17, 15) is 19.2 Å². The Morgan fingerprint density at radius 2 is 2.04 bits per heavy atom. The summed E-state index contributed by atoms with van der Waals surface area (Å²) in [6.45, 7) is 3.55. The van der Waals surface area contributed by atoms with Gasteiger partial charge in [-0.1, -0.05) is 29.8 Å². The lowest BCUT2D eigenvalue weighted by Gasteiger charge is -2.34. The maximum Gasteiger partial charge on any atom is 0.322 e. The van der Waals surface area contributed by atoms with Crippen molar-refractivity contribution in [3.8, 4) is 0 Å². The summed E-state index contributed by atoms with van der Waals surface area (Å²) in [5.41, 5.74) is 2.22. The molecule has 8 heteroatoms. The number of aryl methyl sites for hydroxylation is 1.